The van der Waals surface area contributed by atoms with Crippen LogP contribution in [-0.2, 0) is 21.4 Å². The number of rotatable bonds is 7. The Bertz CT molecular complexity index is 961. The highest BCUT2D eigenvalue weighted by molar-refractivity contribution is 7.89. The molecule has 0 aromatic heterocycles. The SMILES string of the molecule is COc1ccc(S(=O)(=O)NCC2CC(=O)N(Cc3ccc(F)cc3)C2)cc1C. The third-order valence-corrected chi connectivity index (χ3v) is 6.24. The molecule has 0 aliphatic carbocycles. The molecule has 1 fully saturated rings. The van der Waals surface area contributed by atoms with Crippen LogP contribution in [0.1, 0.15) is 17.5 Å². The molecule has 1 saturated heterocycles. The first-order chi connectivity index (χ1) is 13.3. The molecular weight excluding hydrogens is 383 g/mol. The van der Waals surface area contributed by atoms with E-state index in [2.05, 4.69) is 4.72 Å². The highest BCUT2D eigenvalue weighted by atomic mass is 32.2. The van der Waals surface area contributed by atoms with Crippen LogP contribution in [0.2, 0.25) is 0 Å². The summed E-state index contributed by atoms with van der Waals surface area (Å²) in [6.07, 6.45) is 0.283. The monoisotopic (exact) mass is 406 g/mol. The van der Waals surface area contributed by atoms with E-state index in [1.54, 1.807) is 36.1 Å². The molecule has 1 atom stereocenters. The molecule has 1 heterocycles. The van der Waals surface area contributed by atoms with Crippen molar-refractivity contribution in [1.29, 1.82) is 0 Å². The van der Waals surface area contributed by atoms with E-state index in [1.807, 2.05) is 0 Å². The van der Waals surface area contributed by atoms with E-state index < -0.39 is 10.0 Å². The summed E-state index contributed by atoms with van der Waals surface area (Å²) in [5.41, 5.74) is 1.57. The fourth-order valence-corrected chi connectivity index (χ4v) is 4.48. The fraction of sp³-hybridized carbons (Fsp3) is 0.350. The Balaban J connectivity index is 1.59. The number of sulfonamides is 1. The second kappa shape index (κ2) is 8.28. The number of methoxy groups -OCH3 is 1. The molecule has 0 bridgehead atoms. The minimum Gasteiger partial charge on any atom is -0.496 e. The molecule has 0 radical (unpaired) electrons. The van der Waals surface area contributed by atoms with Crippen molar-refractivity contribution < 1.29 is 22.3 Å². The zero-order valence-electron chi connectivity index (χ0n) is 15.8. The first-order valence-electron chi connectivity index (χ1n) is 8.95. The van der Waals surface area contributed by atoms with Crippen LogP contribution in [0.25, 0.3) is 0 Å². The van der Waals surface area contributed by atoms with Gasteiger partial charge in [-0.3, -0.25) is 4.79 Å². The zero-order valence-corrected chi connectivity index (χ0v) is 16.6. The normalized spacial score (nSPS) is 17.2. The molecule has 1 amide bonds. The number of ether oxygens (including phenoxy) is 1. The molecule has 1 unspecified atom stereocenters. The van der Waals surface area contributed by atoms with E-state index in [-0.39, 0.29) is 35.5 Å². The Kier molecular flexibility index (Phi) is 6.00. The predicted octanol–water partition coefficient (Wildman–Crippen LogP) is 2.47. The minimum atomic E-state index is -3.67. The molecule has 2 aromatic carbocycles. The number of likely N-dealkylation sites (tertiary alicyclic amines) is 1. The van der Waals surface area contributed by atoms with Crippen LogP contribution in [-0.4, -0.2) is 39.4 Å². The van der Waals surface area contributed by atoms with Gasteiger partial charge in [0.1, 0.15) is 11.6 Å². The topological polar surface area (TPSA) is 75.7 Å². The van der Waals surface area contributed by atoms with Crippen molar-refractivity contribution in [1.82, 2.24) is 9.62 Å². The third-order valence-electron chi connectivity index (χ3n) is 4.82. The highest BCUT2D eigenvalue weighted by Gasteiger charge is 2.30. The highest BCUT2D eigenvalue weighted by Crippen LogP contribution is 2.23. The van der Waals surface area contributed by atoms with E-state index in [0.717, 1.165) is 11.1 Å². The van der Waals surface area contributed by atoms with Gasteiger partial charge in [-0.25, -0.2) is 17.5 Å². The van der Waals surface area contributed by atoms with Gasteiger partial charge in [0, 0.05) is 26.1 Å². The number of nitrogens with zero attached hydrogens (tertiary/aromatic N) is 1. The number of hydrogen-bond acceptors (Lipinski definition) is 4. The van der Waals surface area contributed by atoms with Gasteiger partial charge in [0.2, 0.25) is 15.9 Å². The molecule has 1 N–H and O–H groups in total. The Morgan fingerprint density at radius 3 is 2.57 bits per heavy atom. The number of carbonyl (C=O) groups is 1. The second-order valence-electron chi connectivity index (χ2n) is 6.95. The van der Waals surface area contributed by atoms with Crippen LogP contribution in [0.5, 0.6) is 5.75 Å². The molecule has 2 aromatic rings. The number of hydrogen-bond donors (Lipinski definition) is 1. The summed E-state index contributed by atoms with van der Waals surface area (Å²) in [5, 5.41) is 0. The van der Waals surface area contributed by atoms with Crippen LogP contribution < -0.4 is 9.46 Å². The molecule has 8 heteroatoms. The van der Waals surface area contributed by atoms with Crippen LogP contribution in [0.4, 0.5) is 4.39 Å². The predicted molar refractivity (Wildman–Crippen MR) is 103 cm³/mol. The van der Waals surface area contributed by atoms with Crippen LogP contribution in [0.3, 0.4) is 0 Å². The average molecular weight is 406 g/mol. The van der Waals surface area contributed by atoms with Gasteiger partial charge in [0.15, 0.2) is 0 Å². The van der Waals surface area contributed by atoms with E-state index in [0.29, 0.717) is 18.8 Å². The molecule has 28 heavy (non-hydrogen) atoms. The van der Waals surface area contributed by atoms with Gasteiger partial charge in [0.25, 0.3) is 0 Å². The number of amides is 1. The van der Waals surface area contributed by atoms with Gasteiger partial charge < -0.3 is 9.64 Å². The van der Waals surface area contributed by atoms with Gasteiger partial charge >= 0.3 is 0 Å². The van der Waals surface area contributed by atoms with Crippen molar-refractivity contribution >= 4 is 15.9 Å². The van der Waals surface area contributed by atoms with Crippen molar-refractivity contribution in [3.05, 3.63) is 59.4 Å². The first kappa shape index (κ1) is 20.3. The Labute approximate surface area is 164 Å². The summed E-state index contributed by atoms with van der Waals surface area (Å²) in [7, 11) is -2.14. The van der Waals surface area contributed by atoms with E-state index in [9.17, 15) is 17.6 Å². The Hall–Kier alpha value is -2.45. The molecule has 1 aliphatic heterocycles. The Morgan fingerprint density at radius 2 is 1.93 bits per heavy atom. The lowest BCUT2D eigenvalue weighted by atomic mass is 10.1. The summed E-state index contributed by atoms with van der Waals surface area (Å²) in [6.45, 7) is 2.81. The number of aryl methyl sites for hydroxylation is 1. The largest absolute Gasteiger partial charge is 0.496 e. The second-order valence-corrected chi connectivity index (χ2v) is 8.72. The number of carbonyl (C=O) groups excluding carboxylic acids is 1. The van der Waals surface area contributed by atoms with Crippen molar-refractivity contribution in [3.63, 3.8) is 0 Å². The van der Waals surface area contributed by atoms with Crippen LogP contribution in [0, 0.1) is 18.7 Å². The maximum Gasteiger partial charge on any atom is 0.240 e. The summed E-state index contributed by atoms with van der Waals surface area (Å²) < 4.78 is 45.8. The molecule has 0 saturated carbocycles. The van der Waals surface area contributed by atoms with Crippen LogP contribution >= 0.6 is 0 Å². The van der Waals surface area contributed by atoms with Crippen LogP contribution in [0.15, 0.2) is 47.4 Å². The van der Waals surface area contributed by atoms with E-state index in [1.165, 1.54) is 25.3 Å². The quantitative estimate of drug-likeness (QED) is 0.767. The van der Waals surface area contributed by atoms with E-state index in [4.69, 9.17) is 4.74 Å². The molecule has 0 spiro atoms. The van der Waals surface area contributed by atoms with Crippen molar-refractivity contribution in [2.24, 2.45) is 5.92 Å². The summed E-state index contributed by atoms with van der Waals surface area (Å²) in [5.74, 6) is 0.158. The summed E-state index contributed by atoms with van der Waals surface area (Å²) in [6, 6.07) is 10.7. The van der Waals surface area contributed by atoms with Crippen molar-refractivity contribution in [2.75, 3.05) is 20.2 Å². The van der Waals surface area contributed by atoms with Gasteiger partial charge in [0.05, 0.1) is 12.0 Å². The average Bonchev–Trinajstić information content (AvgIpc) is 3.01. The Morgan fingerprint density at radius 1 is 1.21 bits per heavy atom. The number of halogens is 1. The van der Waals surface area contributed by atoms with Gasteiger partial charge in [-0.05, 0) is 54.3 Å². The third kappa shape index (κ3) is 4.69. The minimum absolute atomic E-state index is 0.0335. The van der Waals surface area contributed by atoms with Crippen molar-refractivity contribution in [3.8, 4) is 5.75 Å². The number of benzene rings is 2. The molecule has 6 nitrogen and oxygen atoms in total. The number of nitrogens with one attached hydrogen (secondary N) is 1. The van der Waals surface area contributed by atoms with Gasteiger partial charge in [-0.2, -0.15) is 0 Å². The maximum absolute atomic E-state index is 13.0. The standard InChI is InChI=1S/C20H23FN2O4S/c1-14-9-18(7-8-19(14)27-2)28(25,26)22-11-16-10-20(24)23(13-16)12-15-3-5-17(21)6-4-15/h3-9,16,22H,10-13H2,1-2H3. The fourth-order valence-electron chi connectivity index (χ4n) is 3.28. The summed E-state index contributed by atoms with van der Waals surface area (Å²) >= 11 is 0. The lowest BCUT2D eigenvalue weighted by Crippen LogP contribution is -2.31. The zero-order chi connectivity index (χ0) is 20.3. The van der Waals surface area contributed by atoms with Crippen molar-refractivity contribution in [2.45, 2.75) is 24.8 Å². The van der Waals surface area contributed by atoms with E-state index >= 15 is 0 Å². The lowest BCUT2D eigenvalue weighted by Gasteiger charge is -2.17. The molecule has 3 rings (SSSR count). The van der Waals surface area contributed by atoms with Gasteiger partial charge in [-0.1, -0.05) is 12.1 Å². The molecular formula is C20H23FN2O4S. The lowest BCUT2D eigenvalue weighted by molar-refractivity contribution is -0.128. The summed E-state index contributed by atoms with van der Waals surface area (Å²) in [4.78, 5) is 14.1. The molecule has 1 aliphatic rings. The first-order valence-corrected chi connectivity index (χ1v) is 10.4. The van der Waals surface area contributed by atoms with Gasteiger partial charge in [-0.15, -0.1) is 0 Å². The maximum atomic E-state index is 13.0. The smallest absolute Gasteiger partial charge is 0.240 e. The molecule has 150 valence electrons.